The van der Waals surface area contributed by atoms with Crippen LogP contribution in [0.1, 0.15) is 49.7 Å². The molecule has 1 amide bonds. The average Bonchev–Trinajstić information content (AvgIpc) is 3.11. The van der Waals surface area contributed by atoms with Gasteiger partial charge in [0.05, 0.1) is 11.1 Å². The number of aromatic nitrogens is 1. The number of benzene rings is 1. The predicted octanol–water partition coefficient (Wildman–Crippen LogP) is 3.92. The second-order valence-electron chi connectivity index (χ2n) is 9.52. The van der Waals surface area contributed by atoms with Crippen molar-refractivity contribution in [2.45, 2.75) is 51.3 Å². The number of halogens is 1. The predicted molar refractivity (Wildman–Crippen MR) is 124 cm³/mol. The Bertz CT molecular complexity index is 977. The zero-order chi connectivity index (χ0) is 22.4. The van der Waals surface area contributed by atoms with Gasteiger partial charge in [-0.1, -0.05) is 11.6 Å². The molecule has 4 rings (SSSR count). The van der Waals surface area contributed by atoms with Crippen LogP contribution in [0.25, 0.3) is 0 Å². The molecule has 1 saturated heterocycles. The summed E-state index contributed by atoms with van der Waals surface area (Å²) in [5.41, 5.74) is 1.87. The summed E-state index contributed by atoms with van der Waals surface area (Å²) < 4.78 is 7.93. The molecule has 2 aliphatic rings. The quantitative estimate of drug-likeness (QED) is 0.771. The Labute approximate surface area is 190 Å². The summed E-state index contributed by atoms with van der Waals surface area (Å²) in [5.74, 6) is 0.747. The lowest BCUT2D eigenvalue weighted by atomic mass is 9.81. The second-order valence-corrected chi connectivity index (χ2v) is 9.91. The van der Waals surface area contributed by atoms with E-state index in [1.165, 1.54) is 5.69 Å². The van der Waals surface area contributed by atoms with Crippen LogP contribution in [0.4, 0.5) is 0 Å². The molecule has 0 atom stereocenters. The summed E-state index contributed by atoms with van der Waals surface area (Å²) in [4.78, 5) is 17.6. The first-order valence-electron chi connectivity index (χ1n) is 10.9. The summed E-state index contributed by atoms with van der Waals surface area (Å²) in [5, 5.41) is 10.7. The van der Waals surface area contributed by atoms with Gasteiger partial charge >= 0.3 is 0 Å². The highest BCUT2D eigenvalue weighted by atomic mass is 35.5. The highest BCUT2D eigenvalue weighted by molar-refractivity contribution is 6.29. The number of rotatable bonds is 4. The van der Waals surface area contributed by atoms with Crippen LogP contribution >= 0.6 is 11.6 Å². The molecule has 3 heterocycles. The van der Waals surface area contributed by atoms with Gasteiger partial charge in [-0.3, -0.25) is 9.69 Å². The fourth-order valence-electron chi connectivity index (χ4n) is 4.83. The van der Waals surface area contributed by atoms with Crippen molar-refractivity contribution in [3.63, 3.8) is 0 Å². The van der Waals surface area contributed by atoms with Gasteiger partial charge in [0, 0.05) is 38.9 Å². The first kappa shape index (κ1) is 22.2. The molecular formula is C24H34ClN3O3. The smallest absolute Gasteiger partial charge is 0.253 e. The number of hydrogen-bond acceptors (Lipinski definition) is 4. The van der Waals surface area contributed by atoms with E-state index < -0.39 is 5.60 Å². The zero-order valence-electron chi connectivity index (χ0n) is 18.8. The van der Waals surface area contributed by atoms with Crippen molar-refractivity contribution in [1.82, 2.24) is 14.4 Å². The van der Waals surface area contributed by atoms with Crippen LogP contribution in [0, 0.1) is 6.92 Å². The van der Waals surface area contributed by atoms with Gasteiger partial charge in [-0.25, -0.2) is 0 Å². The monoisotopic (exact) mass is 447 g/mol. The standard InChI is InChI=1S/C24H32ClN3O3.H2/c1-17-15-18(5-6-19(17)31-16-23(2,3)30)22(29)27-11-9-24(10-12-27)20-7-8-21(25)28(20)14-13-26(24)4;/h5-8,15,30H,9-14,16H2,1-4H3;1H. The summed E-state index contributed by atoms with van der Waals surface area (Å²) >= 11 is 6.40. The Morgan fingerprint density at radius 2 is 1.90 bits per heavy atom. The normalized spacial score (nSPS) is 18.8. The number of amides is 1. The Morgan fingerprint density at radius 1 is 1.19 bits per heavy atom. The van der Waals surface area contributed by atoms with Crippen molar-refractivity contribution in [2.24, 2.45) is 0 Å². The average molecular weight is 448 g/mol. The number of nitrogens with zero attached hydrogens (tertiary/aromatic N) is 3. The first-order chi connectivity index (χ1) is 14.6. The summed E-state index contributed by atoms with van der Waals surface area (Å²) in [6, 6.07) is 9.65. The highest BCUT2D eigenvalue weighted by Crippen LogP contribution is 2.42. The number of piperidine rings is 1. The van der Waals surface area contributed by atoms with Gasteiger partial charge in [-0.2, -0.15) is 0 Å². The maximum Gasteiger partial charge on any atom is 0.253 e. The Morgan fingerprint density at radius 3 is 2.55 bits per heavy atom. The fourth-order valence-corrected chi connectivity index (χ4v) is 5.07. The van der Waals surface area contributed by atoms with E-state index in [-0.39, 0.29) is 19.5 Å². The van der Waals surface area contributed by atoms with Gasteiger partial charge in [0.1, 0.15) is 17.5 Å². The van der Waals surface area contributed by atoms with Crippen molar-refractivity contribution in [1.29, 1.82) is 0 Å². The van der Waals surface area contributed by atoms with Crippen molar-refractivity contribution in [3.8, 4) is 5.75 Å². The fraction of sp³-hybridized carbons (Fsp3) is 0.542. The number of carbonyl (C=O) groups excluding carboxylic acids is 1. The SMILES string of the molecule is Cc1cc(C(=O)N2CCC3(CC2)c2ccc(Cl)n2CCN3C)ccc1OCC(C)(C)O.[HH]. The molecule has 1 N–H and O–H groups in total. The Balaban J connectivity index is 0.00000289. The molecule has 31 heavy (non-hydrogen) atoms. The first-order valence-corrected chi connectivity index (χ1v) is 11.3. The molecule has 2 aliphatic heterocycles. The lowest BCUT2D eigenvalue weighted by molar-refractivity contribution is 0.0131. The van der Waals surface area contributed by atoms with Gasteiger partial charge < -0.3 is 19.3 Å². The molecule has 2 aromatic rings. The van der Waals surface area contributed by atoms with Gasteiger partial charge in [0.2, 0.25) is 0 Å². The minimum Gasteiger partial charge on any atom is -0.490 e. The Kier molecular flexibility index (Phi) is 5.83. The van der Waals surface area contributed by atoms with Gasteiger partial charge in [0.15, 0.2) is 0 Å². The van der Waals surface area contributed by atoms with Crippen LogP contribution in [-0.2, 0) is 12.1 Å². The van der Waals surface area contributed by atoms with Crippen LogP contribution in [0.15, 0.2) is 30.3 Å². The minimum atomic E-state index is -0.902. The minimum absolute atomic E-state index is 0. The van der Waals surface area contributed by atoms with Crippen molar-refractivity contribution < 1.29 is 16.1 Å². The number of hydrogen-bond donors (Lipinski definition) is 1. The van der Waals surface area contributed by atoms with E-state index in [1.807, 2.05) is 36.1 Å². The van der Waals surface area contributed by atoms with Crippen molar-refractivity contribution in [3.05, 3.63) is 52.3 Å². The van der Waals surface area contributed by atoms with Crippen LogP contribution < -0.4 is 4.74 Å². The second kappa shape index (κ2) is 8.15. The maximum atomic E-state index is 13.2. The third-order valence-corrected chi connectivity index (χ3v) is 7.00. The molecule has 0 saturated carbocycles. The number of likely N-dealkylation sites (N-methyl/N-ethyl adjacent to an activating group) is 1. The van der Waals surface area contributed by atoms with Crippen LogP contribution in [-0.4, -0.2) is 64.3 Å². The molecule has 7 heteroatoms. The number of carbonyl (C=O) groups is 1. The molecule has 0 aliphatic carbocycles. The van der Waals surface area contributed by atoms with Crippen LogP contribution in [0.2, 0.25) is 5.15 Å². The molecule has 1 aromatic heterocycles. The number of likely N-dealkylation sites (tertiary alicyclic amines) is 1. The van der Waals surface area contributed by atoms with Gasteiger partial charge in [-0.15, -0.1) is 0 Å². The van der Waals surface area contributed by atoms with E-state index in [0.717, 1.165) is 36.6 Å². The maximum absolute atomic E-state index is 13.2. The molecular weight excluding hydrogens is 414 g/mol. The molecule has 1 fully saturated rings. The third kappa shape index (κ3) is 4.21. The molecule has 1 aromatic carbocycles. The topological polar surface area (TPSA) is 57.9 Å². The van der Waals surface area contributed by atoms with E-state index in [4.69, 9.17) is 16.3 Å². The van der Waals surface area contributed by atoms with E-state index in [1.54, 1.807) is 13.8 Å². The number of ether oxygens (including phenoxy) is 1. The van der Waals surface area contributed by atoms with E-state index in [2.05, 4.69) is 22.6 Å². The zero-order valence-corrected chi connectivity index (χ0v) is 19.6. The van der Waals surface area contributed by atoms with E-state index in [0.29, 0.717) is 24.4 Å². The van der Waals surface area contributed by atoms with Crippen molar-refractivity contribution in [2.75, 3.05) is 33.3 Å². The van der Waals surface area contributed by atoms with Crippen molar-refractivity contribution >= 4 is 17.5 Å². The van der Waals surface area contributed by atoms with E-state index in [9.17, 15) is 9.90 Å². The molecule has 1 spiro atoms. The van der Waals surface area contributed by atoms with Crippen LogP contribution in [0.5, 0.6) is 5.75 Å². The molecule has 170 valence electrons. The van der Waals surface area contributed by atoms with E-state index >= 15 is 0 Å². The summed E-state index contributed by atoms with van der Waals surface area (Å²) in [6.45, 7) is 8.83. The molecule has 0 bridgehead atoms. The Hall–Kier alpha value is -2.02. The van der Waals surface area contributed by atoms with Crippen LogP contribution in [0.3, 0.4) is 0 Å². The molecule has 6 nitrogen and oxygen atoms in total. The highest BCUT2D eigenvalue weighted by Gasteiger charge is 2.44. The summed E-state index contributed by atoms with van der Waals surface area (Å²) in [7, 11) is 2.18. The largest absolute Gasteiger partial charge is 0.490 e. The van der Waals surface area contributed by atoms with Gasteiger partial charge in [0.25, 0.3) is 5.91 Å². The number of aliphatic hydroxyl groups is 1. The lowest BCUT2D eigenvalue weighted by Crippen LogP contribution is -2.56. The lowest BCUT2D eigenvalue weighted by Gasteiger charge is -2.50. The number of aryl methyl sites for hydroxylation is 1. The molecule has 0 unspecified atom stereocenters. The third-order valence-electron chi connectivity index (χ3n) is 6.67. The molecule has 0 radical (unpaired) electrons. The summed E-state index contributed by atoms with van der Waals surface area (Å²) in [6.07, 6.45) is 1.78. The van der Waals surface area contributed by atoms with Gasteiger partial charge in [-0.05, 0) is 76.6 Å². The number of fused-ring (bicyclic) bond motifs is 2.